The lowest BCUT2D eigenvalue weighted by Gasteiger charge is -2.45. The monoisotopic (exact) mass is 519 g/mol. The second-order valence-corrected chi connectivity index (χ2v) is 9.51. The van der Waals surface area contributed by atoms with Crippen LogP contribution in [-0.2, 0) is 12.1 Å². The van der Waals surface area contributed by atoms with Gasteiger partial charge in [-0.2, -0.15) is 5.10 Å². The zero-order valence-corrected chi connectivity index (χ0v) is 20.3. The summed E-state index contributed by atoms with van der Waals surface area (Å²) in [6, 6.07) is 11.2. The van der Waals surface area contributed by atoms with Crippen molar-refractivity contribution in [2.24, 2.45) is 0 Å². The van der Waals surface area contributed by atoms with Crippen LogP contribution in [0.1, 0.15) is 25.3 Å². The van der Waals surface area contributed by atoms with Crippen molar-refractivity contribution >= 4 is 21.6 Å². The molecule has 0 aliphatic carbocycles. The van der Waals surface area contributed by atoms with Crippen molar-refractivity contribution in [1.82, 2.24) is 19.7 Å². The number of hydrogen-bond acceptors (Lipinski definition) is 5. The lowest BCUT2D eigenvalue weighted by atomic mass is 9.84. The molecule has 0 amide bonds. The molecule has 176 valence electrons. The van der Waals surface area contributed by atoms with E-state index in [1.807, 2.05) is 32.2 Å². The summed E-state index contributed by atoms with van der Waals surface area (Å²) in [4.78, 5) is 8.39. The molecule has 3 aromatic rings. The first-order valence-electron chi connectivity index (χ1n) is 11.0. The molecule has 0 bridgehead atoms. The summed E-state index contributed by atoms with van der Waals surface area (Å²) in [7, 11) is 1.96. The van der Waals surface area contributed by atoms with Gasteiger partial charge in [0.2, 0.25) is 0 Å². The number of anilines is 1. The molecule has 0 saturated carbocycles. The Hall–Kier alpha value is -2.36. The predicted molar refractivity (Wildman–Crippen MR) is 127 cm³/mol. The minimum absolute atomic E-state index is 0.00311. The fourth-order valence-corrected chi connectivity index (χ4v) is 5.26. The first-order valence-corrected chi connectivity index (χ1v) is 11.8. The maximum atomic E-state index is 14.8. The number of aromatic nitrogens is 3. The second kappa shape index (κ2) is 9.87. The molecule has 9 heteroatoms. The van der Waals surface area contributed by atoms with Gasteiger partial charge in [0.15, 0.2) is 0 Å². The third-order valence-electron chi connectivity index (χ3n) is 6.80. The van der Waals surface area contributed by atoms with E-state index in [4.69, 9.17) is 0 Å². The van der Waals surface area contributed by atoms with Gasteiger partial charge in [-0.25, -0.2) is 18.4 Å². The quantitative estimate of drug-likeness (QED) is 0.507. The van der Waals surface area contributed by atoms with Gasteiger partial charge < -0.3 is 10.0 Å². The van der Waals surface area contributed by atoms with E-state index >= 15 is 0 Å². The van der Waals surface area contributed by atoms with Gasteiger partial charge in [-0.1, -0.05) is 18.2 Å². The summed E-state index contributed by atoms with van der Waals surface area (Å²) < 4.78 is 31.0. The summed E-state index contributed by atoms with van der Waals surface area (Å²) in [5, 5.41) is 16.0. The van der Waals surface area contributed by atoms with Gasteiger partial charge in [0.1, 0.15) is 29.9 Å². The molecule has 4 rings (SSSR count). The third kappa shape index (κ3) is 4.95. The normalized spacial score (nSPS) is 17.8. The van der Waals surface area contributed by atoms with Gasteiger partial charge in [0.05, 0.1) is 12.2 Å². The van der Waals surface area contributed by atoms with E-state index < -0.39 is 23.3 Å². The molecule has 2 heterocycles. The molecule has 2 aromatic carbocycles. The second-order valence-electron chi connectivity index (χ2n) is 8.65. The zero-order valence-electron chi connectivity index (χ0n) is 18.7. The number of hydrogen-bond donors (Lipinski definition) is 1. The first kappa shape index (κ1) is 23.8. The van der Waals surface area contributed by atoms with Crippen molar-refractivity contribution in [3.05, 3.63) is 76.8 Å². The number of benzene rings is 2. The van der Waals surface area contributed by atoms with Crippen LogP contribution >= 0.6 is 15.9 Å². The molecule has 1 aromatic heterocycles. The Kier molecular flexibility index (Phi) is 7.11. The molecule has 1 aliphatic heterocycles. The van der Waals surface area contributed by atoms with Crippen LogP contribution in [0.4, 0.5) is 14.5 Å². The molecule has 2 atom stereocenters. The number of para-hydroxylation sites is 1. The Labute approximate surface area is 201 Å². The average Bonchev–Trinajstić information content (AvgIpc) is 3.31. The minimum Gasteiger partial charge on any atom is -0.381 e. The predicted octanol–water partition coefficient (Wildman–Crippen LogP) is 4.20. The Morgan fingerprint density at radius 2 is 1.94 bits per heavy atom. The molecule has 33 heavy (non-hydrogen) atoms. The number of aliphatic hydroxyl groups is 1. The molecule has 6 nitrogen and oxygen atoms in total. The number of rotatable bonds is 7. The highest BCUT2D eigenvalue weighted by molar-refractivity contribution is 9.10. The fourth-order valence-electron chi connectivity index (χ4n) is 4.72. The lowest BCUT2D eigenvalue weighted by Crippen LogP contribution is -2.55. The van der Waals surface area contributed by atoms with Crippen LogP contribution in [0.15, 0.2) is 59.6 Å². The Balaban J connectivity index is 1.55. The molecule has 0 radical (unpaired) electrons. The number of nitrogens with zero attached hydrogens (tertiary/aromatic N) is 5. The molecule has 0 spiro atoms. The van der Waals surface area contributed by atoms with E-state index in [9.17, 15) is 13.9 Å². The lowest BCUT2D eigenvalue weighted by molar-refractivity contribution is -0.0697. The van der Waals surface area contributed by atoms with Crippen LogP contribution in [-0.4, -0.2) is 57.0 Å². The van der Waals surface area contributed by atoms with Crippen LogP contribution in [0.25, 0.3) is 0 Å². The molecule has 1 aliphatic rings. The van der Waals surface area contributed by atoms with E-state index in [0.717, 1.165) is 36.5 Å². The molecule has 0 unspecified atom stereocenters. The van der Waals surface area contributed by atoms with Gasteiger partial charge in [-0.15, -0.1) is 0 Å². The molecule has 1 N–H and O–H groups in total. The smallest absolute Gasteiger partial charge is 0.137 e. The number of likely N-dealkylation sites (N-methyl/N-ethyl adjacent to an activating group) is 1. The van der Waals surface area contributed by atoms with Crippen molar-refractivity contribution in [1.29, 1.82) is 0 Å². The summed E-state index contributed by atoms with van der Waals surface area (Å²) in [6.07, 6.45) is 4.64. The Bertz CT molecular complexity index is 1070. The summed E-state index contributed by atoms with van der Waals surface area (Å²) in [5.41, 5.74) is -0.424. The van der Waals surface area contributed by atoms with Crippen LogP contribution in [0.5, 0.6) is 0 Å². The molecular formula is C24H28BrF2N5O. The topological polar surface area (TPSA) is 57.4 Å². The Morgan fingerprint density at radius 3 is 2.58 bits per heavy atom. The molecule has 1 fully saturated rings. The number of halogens is 3. The van der Waals surface area contributed by atoms with Crippen LogP contribution in [0.2, 0.25) is 0 Å². The fraction of sp³-hybridized carbons (Fsp3) is 0.417. The summed E-state index contributed by atoms with van der Waals surface area (Å²) in [6.45, 7) is 3.62. The minimum atomic E-state index is -1.64. The highest BCUT2D eigenvalue weighted by atomic mass is 79.9. The highest BCUT2D eigenvalue weighted by Gasteiger charge is 2.43. The first-order chi connectivity index (χ1) is 15.8. The van der Waals surface area contributed by atoms with Gasteiger partial charge >= 0.3 is 0 Å². The highest BCUT2D eigenvalue weighted by Crippen LogP contribution is 2.35. The van der Waals surface area contributed by atoms with Crippen molar-refractivity contribution in [3.8, 4) is 0 Å². The van der Waals surface area contributed by atoms with Gasteiger partial charge in [-0.3, -0.25) is 4.90 Å². The largest absolute Gasteiger partial charge is 0.381 e. The van der Waals surface area contributed by atoms with Crippen molar-refractivity contribution in [3.63, 3.8) is 0 Å². The SMILES string of the molecule is C[C@@H](N(C)C1CCN(c2ccccc2Br)CC1)[C@](O)(Cn1cncn1)c1ccc(F)cc1F. The average molecular weight is 520 g/mol. The van der Waals surface area contributed by atoms with Gasteiger partial charge in [0, 0.05) is 41.3 Å². The number of piperidine rings is 1. The van der Waals surface area contributed by atoms with Crippen LogP contribution < -0.4 is 4.90 Å². The van der Waals surface area contributed by atoms with Gasteiger partial charge in [0.25, 0.3) is 0 Å². The van der Waals surface area contributed by atoms with Crippen molar-refractivity contribution in [2.45, 2.75) is 44.0 Å². The molecular weight excluding hydrogens is 492 g/mol. The van der Waals surface area contributed by atoms with Crippen LogP contribution in [0.3, 0.4) is 0 Å². The molecule has 1 saturated heterocycles. The third-order valence-corrected chi connectivity index (χ3v) is 7.47. The summed E-state index contributed by atoms with van der Waals surface area (Å²) >= 11 is 3.63. The van der Waals surface area contributed by atoms with Crippen molar-refractivity contribution in [2.75, 3.05) is 25.0 Å². The van der Waals surface area contributed by atoms with Gasteiger partial charge in [-0.05, 0) is 60.9 Å². The van der Waals surface area contributed by atoms with E-state index in [-0.39, 0.29) is 18.2 Å². The van der Waals surface area contributed by atoms with E-state index in [1.165, 1.54) is 35.2 Å². The van der Waals surface area contributed by atoms with E-state index in [0.29, 0.717) is 0 Å². The Morgan fingerprint density at radius 1 is 1.21 bits per heavy atom. The standard InChI is InChI=1S/C24H28BrF2N5O/c1-17(30(2)19-9-11-31(12-10-19)23-6-4-3-5-21(23)25)24(33,14-32-16-28-15-29-32)20-8-7-18(26)13-22(20)27/h3-8,13,15-17,19,33H,9-12,14H2,1-2H3/t17-,24-/m1/s1. The maximum Gasteiger partial charge on any atom is 0.137 e. The summed E-state index contributed by atoms with van der Waals surface area (Å²) in [5.74, 6) is -1.46. The van der Waals surface area contributed by atoms with Crippen molar-refractivity contribution < 1.29 is 13.9 Å². The maximum absolute atomic E-state index is 14.8. The van der Waals surface area contributed by atoms with E-state index in [2.05, 4.69) is 41.9 Å². The van der Waals surface area contributed by atoms with Crippen LogP contribution in [0, 0.1) is 11.6 Å². The van der Waals surface area contributed by atoms with E-state index in [1.54, 1.807) is 0 Å². The zero-order chi connectivity index (χ0) is 23.6.